The Morgan fingerprint density at radius 1 is 1.47 bits per heavy atom. The summed E-state index contributed by atoms with van der Waals surface area (Å²) in [6.07, 6.45) is 3.49. The first kappa shape index (κ1) is 14.0. The molecule has 1 fully saturated rings. The summed E-state index contributed by atoms with van der Waals surface area (Å²) in [5.74, 6) is -0.942. The predicted octanol–water partition coefficient (Wildman–Crippen LogP) is 0.746. The van der Waals surface area contributed by atoms with Crippen LogP contribution in [0.25, 0.3) is 0 Å². The molecule has 1 heterocycles. The number of hydrogen-bond acceptors (Lipinski definition) is 3. The number of amides is 1. The van der Waals surface area contributed by atoms with E-state index < -0.39 is 11.4 Å². The fourth-order valence-electron chi connectivity index (χ4n) is 1.83. The fraction of sp³-hybridized carbons (Fsp3) is 0.833. The zero-order chi connectivity index (χ0) is 12.9. The molecule has 1 aliphatic heterocycles. The predicted molar refractivity (Wildman–Crippen MR) is 64.7 cm³/mol. The lowest BCUT2D eigenvalue weighted by atomic mass is 9.87. The van der Waals surface area contributed by atoms with Crippen molar-refractivity contribution >= 4 is 11.9 Å². The van der Waals surface area contributed by atoms with Crippen LogP contribution in [0, 0.1) is 5.41 Å². The zero-order valence-electron chi connectivity index (χ0n) is 10.6. The minimum absolute atomic E-state index is 0.0781. The second kappa shape index (κ2) is 6.00. The summed E-state index contributed by atoms with van der Waals surface area (Å²) >= 11 is 0. The first-order valence-corrected chi connectivity index (χ1v) is 6.24. The number of rotatable bonds is 5. The lowest BCUT2D eigenvalue weighted by Gasteiger charge is -2.27. The third-order valence-corrected chi connectivity index (χ3v) is 3.58. The van der Waals surface area contributed by atoms with Crippen LogP contribution in [-0.2, 0) is 9.59 Å². The number of aliphatic carboxylic acids is 1. The lowest BCUT2D eigenvalue weighted by molar-refractivity contribution is -0.148. The summed E-state index contributed by atoms with van der Waals surface area (Å²) in [6.45, 7) is 4.53. The van der Waals surface area contributed by atoms with Gasteiger partial charge in [0.05, 0.1) is 11.5 Å². The monoisotopic (exact) mass is 242 g/mol. The average Bonchev–Trinajstić information content (AvgIpc) is 2.36. The van der Waals surface area contributed by atoms with Crippen LogP contribution in [0.2, 0.25) is 0 Å². The number of carboxylic acids is 1. The van der Waals surface area contributed by atoms with Crippen LogP contribution in [0.4, 0.5) is 0 Å². The van der Waals surface area contributed by atoms with E-state index in [1.807, 2.05) is 6.92 Å². The SMILES string of the molecule is CCC(C)(CNC(=O)[C@@H]1CCCCN1)C(=O)O. The zero-order valence-corrected chi connectivity index (χ0v) is 10.6. The molecule has 0 bridgehead atoms. The second-order valence-electron chi connectivity index (χ2n) is 4.94. The van der Waals surface area contributed by atoms with Crippen molar-refractivity contribution in [2.75, 3.05) is 13.1 Å². The largest absolute Gasteiger partial charge is 0.481 e. The molecule has 17 heavy (non-hydrogen) atoms. The van der Waals surface area contributed by atoms with E-state index in [9.17, 15) is 9.59 Å². The summed E-state index contributed by atoms with van der Waals surface area (Å²) in [6, 6.07) is -0.154. The molecule has 5 nitrogen and oxygen atoms in total. The maximum Gasteiger partial charge on any atom is 0.311 e. The minimum Gasteiger partial charge on any atom is -0.481 e. The molecule has 0 aromatic carbocycles. The molecule has 2 atom stereocenters. The van der Waals surface area contributed by atoms with Gasteiger partial charge in [0, 0.05) is 6.54 Å². The van der Waals surface area contributed by atoms with E-state index >= 15 is 0 Å². The van der Waals surface area contributed by atoms with Gasteiger partial charge < -0.3 is 15.7 Å². The molecule has 5 heteroatoms. The summed E-state index contributed by atoms with van der Waals surface area (Å²) in [5.41, 5.74) is -0.871. The number of piperidine rings is 1. The van der Waals surface area contributed by atoms with Crippen LogP contribution in [0.3, 0.4) is 0 Å². The topological polar surface area (TPSA) is 78.4 Å². The molecule has 3 N–H and O–H groups in total. The Hall–Kier alpha value is -1.10. The Kier molecular flexibility index (Phi) is 4.93. The number of carboxylic acid groups (broad SMARTS) is 1. The fourth-order valence-corrected chi connectivity index (χ4v) is 1.83. The summed E-state index contributed by atoms with van der Waals surface area (Å²) in [7, 11) is 0. The molecule has 98 valence electrons. The van der Waals surface area contributed by atoms with Gasteiger partial charge in [-0.3, -0.25) is 9.59 Å². The molecule has 0 saturated carbocycles. The smallest absolute Gasteiger partial charge is 0.311 e. The van der Waals surface area contributed by atoms with Crippen LogP contribution in [0.1, 0.15) is 39.5 Å². The lowest BCUT2D eigenvalue weighted by Crippen LogP contribution is -2.50. The molecule has 1 unspecified atom stereocenters. The maximum atomic E-state index is 11.8. The Balaban J connectivity index is 2.43. The van der Waals surface area contributed by atoms with Gasteiger partial charge in [0.25, 0.3) is 0 Å². The van der Waals surface area contributed by atoms with Gasteiger partial charge in [0.1, 0.15) is 0 Å². The van der Waals surface area contributed by atoms with Crippen LogP contribution in [0.5, 0.6) is 0 Å². The molecule has 0 spiro atoms. The van der Waals surface area contributed by atoms with Gasteiger partial charge in [-0.05, 0) is 32.7 Å². The average molecular weight is 242 g/mol. The Morgan fingerprint density at radius 3 is 2.65 bits per heavy atom. The molecule has 0 aliphatic carbocycles. The van der Waals surface area contributed by atoms with E-state index in [4.69, 9.17) is 5.11 Å². The maximum absolute atomic E-state index is 11.8. The van der Waals surface area contributed by atoms with Crippen molar-refractivity contribution in [1.29, 1.82) is 0 Å². The molecule has 1 saturated heterocycles. The molecule has 0 aromatic heterocycles. The van der Waals surface area contributed by atoms with E-state index in [1.165, 1.54) is 0 Å². The van der Waals surface area contributed by atoms with Gasteiger partial charge in [0.2, 0.25) is 5.91 Å². The molecule has 1 rings (SSSR count). The van der Waals surface area contributed by atoms with Gasteiger partial charge in [-0.25, -0.2) is 0 Å². The first-order valence-electron chi connectivity index (χ1n) is 6.24. The van der Waals surface area contributed by atoms with Crippen LogP contribution < -0.4 is 10.6 Å². The summed E-state index contributed by atoms with van der Waals surface area (Å²) in [4.78, 5) is 22.9. The Bertz CT molecular complexity index is 287. The highest BCUT2D eigenvalue weighted by molar-refractivity contribution is 5.83. The minimum atomic E-state index is -0.871. The third-order valence-electron chi connectivity index (χ3n) is 3.58. The standard InChI is InChI=1S/C12H22N2O3/c1-3-12(2,11(16)17)8-14-10(15)9-6-4-5-7-13-9/h9,13H,3-8H2,1-2H3,(H,14,15)(H,16,17)/t9-,12?/m0/s1. The molecule has 1 aliphatic rings. The van der Waals surface area contributed by atoms with E-state index in [2.05, 4.69) is 10.6 Å². The molecular formula is C12H22N2O3. The molecule has 0 aromatic rings. The number of nitrogens with one attached hydrogen (secondary N) is 2. The van der Waals surface area contributed by atoms with Crippen molar-refractivity contribution in [2.24, 2.45) is 5.41 Å². The Labute approximate surface area is 102 Å². The highest BCUT2D eigenvalue weighted by Crippen LogP contribution is 2.20. The normalized spacial score (nSPS) is 23.8. The quantitative estimate of drug-likeness (QED) is 0.664. The summed E-state index contributed by atoms with van der Waals surface area (Å²) in [5, 5.41) is 15.0. The van der Waals surface area contributed by atoms with E-state index in [0.29, 0.717) is 6.42 Å². The molecule has 0 radical (unpaired) electrons. The van der Waals surface area contributed by atoms with Crippen LogP contribution >= 0.6 is 0 Å². The number of carbonyl (C=O) groups excluding carboxylic acids is 1. The van der Waals surface area contributed by atoms with Gasteiger partial charge in [-0.2, -0.15) is 0 Å². The molecule has 1 amide bonds. The van der Waals surface area contributed by atoms with Crippen LogP contribution in [0.15, 0.2) is 0 Å². The van der Waals surface area contributed by atoms with E-state index in [-0.39, 0.29) is 18.5 Å². The third kappa shape index (κ3) is 3.70. The highest BCUT2D eigenvalue weighted by atomic mass is 16.4. The van der Waals surface area contributed by atoms with Crippen molar-refractivity contribution in [3.8, 4) is 0 Å². The second-order valence-corrected chi connectivity index (χ2v) is 4.94. The van der Waals surface area contributed by atoms with Crippen molar-refractivity contribution in [3.63, 3.8) is 0 Å². The van der Waals surface area contributed by atoms with E-state index in [0.717, 1.165) is 25.8 Å². The van der Waals surface area contributed by atoms with Gasteiger partial charge >= 0.3 is 5.97 Å². The van der Waals surface area contributed by atoms with Gasteiger partial charge in [-0.1, -0.05) is 13.3 Å². The van der Waals surface area contributed by atoms with Crippen molar-refractivity contribution in [1.82, 2.24) is 10.6 Å². The number of hydrogen-bond donors (Lipinski definition) is 3. The van der Waals surface area contributed by atoms with E-state index in [1.54, 1.807) is 6.92 Å². The van der Waals surface area contributed by atoms with Crippen molar-refractivity contribution in [2.45, 2.75) is 45.6 Å². The van der Waals surface area contributed by atoms with Gasteiger partial charge in [0.15, 0.2) is 0 Å². The summed E-state index contributed by atoms with van der Waals surface area (Å²) < 4.78 is 0. The van der Waals surface area contributed by atoms with Crippen molar-refractivity contribution < 1.29 is 14.7 Å². The Morgan fingerprint density at radius 2 is 2.18 bits per heavy atom. The molecular weight excluding hydrogens is 220 g/mol. The van der Waals surface area contributed by atoms with Crippen LogP contribution in [-0.4, -0.2) is 36.1 Å². The first-order chi connectivity index (χ1) is 7.99. The van der Waals surface area contributed by atoms with Gasteiger partial charge in [-0.15, -0.1) is 0 Å². The number of carbonyl (C=O) groups is 2. The highest BCUT2D eigenvalue weighted by Gasteiger charge is 2.32. The van der Waals surface area contributed by atoms with Crippen molar-refractivity contribution in [3.05, 3.63) is 0 Å².